The molecule has 3 N–H and O–H groups in total. The van der Waals surface area contributed by atoms with Crippen molar-refractivity contribution in [1.82, 2.24) is 19.9 Å². The van der Waals surface area contributed by atoms with E-state index in [1.165, 1.54) is 4.88 Å². The van der Waals surface area contributed by atoms with E-state index in [2.05, 4.69) is 38.2 Å². The molecule has 0 radical (unpaired) electrons. The molecule has 0 aliphatic heterocycles. The smallest absolute Gasteiger partial charge is 0.223 e. The van der Waals surface area contributed by atoms with Crippen LogP contribution in [-0.2, 0) is 13.0 Å². The molecule has 3 heterocycles. The summed E-state index contributed by atoms with van der Waals surface area (Å²) in [5, 5.41) is 4.31. The Hall–Kier alpha value is -2.28. The monoisotopic (exact) mass is 300 g/mol. The molecule has 7 heteroatoms. The van der Waals surface area contributed by atoms with E-state index in [0.29, 0.717) is 6.54 Å². The van der Waals surface area contributed by atoms with Gasteiger partial charge in [-0.1, -0.05) is 6.92 Å². The Kier molecular flexibility index (Phi) is 3.66. The van der Waals surface area contributed by atoms with E-state index in [1.807, 2.05) is 13.0 Å². The van der Waals surface area contributed by atoms with Crippen LogP contribution in [0.3, 0.4) is 0 Å². The molecule has 21 heavy (non-hydrogen) atoms. The Morgan fingerprint density at radius 1 is 1.29 bits per heavy atom. The number of anilines is 2. The fraction of sp³-hybridized carbons (Fsp3) is 0.286. The van der Waals surface area contributed by atoms with Crippen LogP contribution in [0.25, 0.3) is 10.2 Å². The van der Waals surface area contributed by atoms with Crippen molar-refractivity contribution < 1.29 is 0 Å². The average Bonchev–Trinajstić information content (AvgIpc) is 2.87. The van der Waals surface area contributed by atoms with E-state index < -0.39 is 0 Å². The SMILES string of the molecule is CCc1cc2c(NCc3ccnc(C)n3)nc(N)nc2s1. The van der Waals surface area contributed by atoms with Gasteiger partial charge < -0.3 is 11.1 Å². The summed E-state index contributed by atoms with van der Waals surface area (Å²) in [5.41, 5.74) is 6.70. The van der Waals surface area contributed by atoms with Crippen molar-refractivity contribution in [1.29, 1.82) is 0 Å². The summed E-state index contributed by atoms with van der Waals surface area (Å²) in [7, 11) is 0. The second-order valence-electron chi connectivity index (χ2n) is 4.66. The van der Waals surface area contributed by atoms with Gasteiger partial charge in [0.1, 0.15) is 16.5 Å². The van der Waals surface area contributed by atoms with Crippen LogP contribution in [0, 0.1) is 6.92 Å². The lowest BCUT2D eigenvalue weighted by Crippen LogP contribution is -2.06. The van der Waals surface area contributed by atoms with Gasteiger partial charge in [-0.3, -0.25) is 0 Å². The van der Waals surface area contributed by atoms with Gasteiger partial charge in [-0.25, -0.2) is 15.0 Å². The third-order valence-electron chi connectivity index (χ3n) is 3.08. The summed E-state index contributed by atoms with van der Waals surface area (Å²) in [6, 6.07) is 4.00. The van der Waals surface area contributed by atoms with Crippen LogP contribution in [0.15, 0.2) is 18.3 Å². The van der Waals surface area contributed by atoms with Gasteiger partial charge in [-0.2, -0.15) is 4.98 Å². The molecule has 0 aliphatic carbocycles. The molecule has 3 rings (SSSR count). The molecule has 108 valence electrons. The van der Waals surface area contributed by atoms with Gasteiger partial charge in [0, 0.05) is 11.1 Å². The molecule has 0 atom stereocenters. The number of rotatable bonds is 4. The highest BCUT2D eigenvalue weighted by Gasteiger charge is 2.10. The molecule has 0 aliphatic rings. The lowest BCUT2D eigenvalue weighted by Gasteiger charge is -2.07. The summed E-state index contributed by atoms with van der Waals surface area (Å²) in [6.07, 6.45) is 2.73. The fourth-order valence-corrected chi connectivity index (χ4v) is 3.05. The van der Waals surface area contributed by atoms with Crippen LogP contribution in [0.2, 0.25) is 0 Å². The molecule has 6 nitrogen and oxygen atoms in total. The predicted octanol–water partition coefficient (Wildman–Crippen LogP) is 2.55. The van der Waals surface area contributed by atoms with Crippen LogP contribution in [0.5, 0.6) is 0 Å². The van der Waals surface area contributed by atoms with Gasteiger partial charge in [-0.05, 0) is 25.5 Å². The maximum atomic E-state index is 5.79. The highest BCUT2D eigenvalue weighted by molar-refractivity contribution is 7.18. The molecule has 0 amide bonds. The first kappa shape index (κ1) is 13.7. The van der Waals surface area contributed by atoms with Crippen molar-refractivity contribution in [2.24, 2.45) is 0 Å². The Morgan fingerprint density at radius 3 is 2.90 bits per heavy atom. The summed E-state index contributed by atoms with van der Waals surface area (Å²) in [6.45, 7) is 4.57. The van der Waals surface area contributed by atoms with Gasteiger partial charge in [0.2, 0.25) is 5.95 Å². The zero-order valence-corrected chi connectivity index (χ0v) is 12.7. The number of aryl methyl sites for hydroxylation is 2. The number of nitrogen functional groups attached to an aromatic ring is 1. The zero-order valence-electron chi connectivity index (χ0n) is 11.9. The summed E-state index contributed by atoms with van der Waals surface area (Å²) in [4.78, 5) is 19.2. The molecule has 0 spiro atoms. The first-order valence-electron chi connectivity index (χ1n) is 6.74. The number of nitrogens with zero attached hydrogens (tertiary/aromatic N) is 4. The minimum atomic E-state index is 0.286. The Labute approximate surface area is 126 Å². The van der Waals surface area contributed by atoms with Crippen LogP contribution in [0.1, 0.15) is 23.3 Å². The highest BCUT2D eigenvalue weighted by atomic mass is 32.1. The third-order valence-corrected chi connectivity index (χ3v) is 4.25. The van der Waals surface area contributed by atoms with Crippen LogP contribution in [-0.4, -0.2) is 19.9 Å². The van der Waals surface area contributed by atoms with Crippen LogP contribution >= 0.6 is 11.3 Å². The van der Waals surface area contributed by atoms with Gasteiger partial charge in [0.15, 0.2) is 0 Å². The molecule has 0 bridgehead atoms. The normalized spacial score (nSPS) is 11.0. The topological polar surface area (TPSA) is 89.6 Å². The average molecular weight is 300 g/mol. The molecular weight excluding hydrogens is 284 g/mol. The molecule has 3 aromatic rings. The maximum Gasteiger partial charge on any atom is 0.223 e. The third kappa shape index (κ3) is 2.92. The standard InChI is InChI=1S/C14H16N6S/c1-3-10-6-11-12(19-14(15)20-13(11)21-10)17-7-9-4-5-16-8(2)18-9/h4-6H,3,7H2,1-2H3,(H3,15,17,19,20). The summed E-state index contributed by atoms with van der Waals surface area (Å²) < 4.78 is 0. The largest absolute Gasteiger partial charge is 0.368 e. The number of hydrogen-bond acceptors (Lipinski definition) is 7. The van der Waals surface area contributed by atoms with Crippen molar-refractivity contribution in [2.45, 2.75) is 26.8 Å². The van der Waals surface area contributed by atoms with Crippen LogP contribution < -0.4 is 11.1 Å². The molecule has 0 saturated carbocycles. The van der Waals surface area contributed by atoms with E-state index in [-0.39, 0.29) is 5.95 Å². The number of aromatic nitrogens is 4. The van der Waals surface area contributed by atoms with Crippen molar-refractivity contribution in [3.8, 4) is 0 Å². The van der Waals surface area contributed by atoms with Gasteiger partial charge in [0.05, 0.1) is 17.6 Å². The number of fused-ring (bicyclic) bond motifs is 1. The van der Waals surface area contributed by atoms with Crippen molar-refractivity contribution in [2.75, 3.05) is 11.1 Å². The second kappa shape index (κ2) is 5.61. The highest BCUT2D eigenvalue weighted by Crippen LogP contribution is 2.29. The molecule has 0 unspecified atom stereocenters. The number of hydrogen-bond donors (Lipinski definition) is 2. The lowest BCUT2D eigenvalue weighted by molar-refractivity contribution is 0.951. The minimum absolute atomic E-state index is 0.286. The van der Waals surface area contributed by atoms with Gasteiger partial charge in [-0.15, -0.1) is 11.3 Å². The van der Waals surface area contributed by atoms with Crippen molar-refractivity contribution >= 4 is 33.3 Å². The molecule has 0 aromatic carbocycles. The fourth-order valence-electron chi connectivity index (χ4n) is 2.07. The molecule has 0 fully saturated rings. The zero-order chi connectivity index (χ0) is 14.8. The van der Waals surface area contributed by atoms with E-state index >= 15 is 0 Å². The quantitative estimate of drug-likeness (QED) is 0.769. The first-order chi connectivity index (χ1) is 10.2. The summed E-state index contributed by atoms with van der Waals surface area (Å²) in [5.74, 6) is 1.79. The maximum absolute atomic E-state index is 5.79. The lowest BCUT2D eigenvalue weighted by atomic mass is 10.3. The second-order valence-corrected chi connectivity index (χ2v) is 5.78. The molecule has 3 aromatic heterocycles. The van der Waals surface area contributed by atoms with Crippen LogP contribution in [0.4, 0.5) is 11.8 Å². The molecule has 0 saturated heterocycles. The number of thiophene rings is 1. The van der Waals surface area contributed by atoms with E-state index in [9.17, 15) is 0 Å². The molecular formula is C14H16N6S. The van der Waals surface area contributed by atoms with E-state index in [1.54, 1.807) is 17.5 Å². The Morgan fingerprint density at radius 2 is 2.14 bits per heavy atom. The van der Waals surface area contributed by atoms with E-state index in [4.69, 9.17) is 5.73 Å². The Balaban J connectivity index is 1.90. The summed E-state index contributed by atoms with van der Waals surface area (Å²) >= 11 is 1.65. The van der Waals surface area contributed by atoms with Gasteiger partial charge in [0.25, 0.3) is 0 Å². The van der Waals surface area contributed by atoms with Crippen molar-refractivity contribution in [3.63, 3.8) is 0 Å². The van der Waals surface area contributed by atoms with E-state index in [0.717, 1.165) is 34.0 Å². The first-order valence-corrected chi connectivity index (χ1v) is 7.55. The number of nitrogens with one attached hydrogen (secondary N) is 1. The minimum Gasteiger partial charge on any atom is -0.368 e. The Bertz CT molecular complexity index is 782. The number of nitrogens with two attached hydrogens (primary N) is 1. The van der Waals surface area contributed by atoms with Crippen molar-refractivity contribution in [3.05, 3.63) is 34.7 Å². The predicted molar refractivity (Wildman–Crippen MR) is 85.3 cm³/mol. The van der Waals surface area contributed by atoms with Gasteiger partial charge >= 0.3 is 0 Å².